The van der Waals surface area contributed by atoms with Crippen molar-refractivity contribution in [2.45, 2.75) is 331 Å². The molecule has 1 amide bonds. The van der Waals surface area contributed by atoms with Gasteiger partial charge in [0.05, 0.1) is 32.0 Å². The van der Waals surface area contributed by atoms with Gasteiger partial charge < -0.3 is 65.1 Å². The van der Waals surface area contributed by atoms with Crippen molar-refractivity contribution in [1.29, 1.82) is 0 Å². The molecular weight excluding hydrogens is 1160 g/mol. The Morgan fingerprint density at radius 2 is 0.761 bits per heavy atom. The molecule has 12 unspecified atom stereocenters. The third-order valence-corrected chi connectivity index (χ3v) is 16.8. The number of rotatable bonds is 58. The summed E-state index contributed by atoms with van der Waals surface area (Å²) in [5.74, 6) is -0.285. The first-order valence-corrected chi connectivity index (χ1v) is 36.4. The Balaban J connectivity index is 1.72. The van der Waals surface area contributed by atoms with E-state index in [-0.39, 0.29) is 18.9 Å². The second kappa shape index (κ2) is 60.8. The van der Waals surface area contributed by atoms with E-state index < -0.39 is 86.8 Å². The molecule has 12 atom stereocenters. The van der Waals surface area contributed by atoms with Crippen LogP contribution in [0.4, 0.5) is 0 Å². The van der Waals surface area contributed by atoms with Crippen molar-refractivity contribution >= 4 is 5.91 Å². The van der Waals surface area contributed by atoms with Crippen LogP contribution in [-0.2, 0) is 23.7 Å². The molecule has 2 aliphatic heterocycles. The van der Waals surface area contributed by atoms with Crippen LogP contribution in [0.1, 0.15) is 258 Å². The quantitative estimate of drug-likeness (QED) is 0.0204. The van der Waals surface area contributed by atoms with Gasteiger partial charge in [0.25, 0.3) is 0 Å². The normalized spacial score (nSPS) is 23.5. The molecule has 9 N–H and O–H groups in total. The summed E-state index contributed by atoms with van der Waals surface area (Å²) in [5.41, 5.74) is 0. The minimum Gasteiger partial charge on any atom is -0.394 e. The summed E-state index contributed by atoms with van der Waals surface area (Å²) < 4.78 is 22.8. The van der Waals surface area contributed by atoms with Gasteiger partial charge in [-0.1, -0.05) is 282 Å². The first-order valence-electron chi connectivity index (χ1n) is 36.4. The molecule has 0 aliphatic carbocycles. The number of hydrogen-bond donors (Lipinski definition) is 9. The van der Waals surface area contributed by atoms with Crippen LogP contribution >= 0.6 is 0 Å². The predicted molar refractivity (Wildman–Crippen MR) is 378 cm³/mol. The van der Waals surface area contributed by atoms with Crippen LogP contribution in [0.25, 0.3) is 0 Å². The van der Waals surface area contributed by atoms with Crippen LogP contribution in [0.3, 0.4) is 0 Å². The van der Waals surface area contributed by atoms with Crippen LogP contribution < -0.4 is 5.32 Å². The smallest absolute Gasteiger partial charge is 0.220 e. The average Bonchev–Trinajstić information content (AvgIpc) is 0.844. The Morgan fingerprint density at radius 1 is 0.402 bits per heavy atom. The van der Waals surface area contributed by atoms with Gasteiger partial charge in [0, 0.05) is 6.42 Å². The minimum absolute atomic E-state index is 0.224. The molecule has 14 nitrogen and oxygen atoms in total. The molecule has 92 heavy (non-hydrogen) atoms. The molecule has 0 aromatic heterocycles. The van der Waals surface area contributed by atoms with Crippen LogP contribution in [0.5, 0.6) is 0 Å². The first-order chi connectivity index (χ1) is 45.1. The number of aliphatic hydroxyl groups is 8. The molecule has 0 aromatic carbocycles. The Labute approximate surface area is 558 Å². The highest BCUT2D eigenvalue weighted by Crippen LogP contribution is 2.30. The van der Waals surface area contributed by atoms with Crippen molar-refractivity contribution in [3.05, 3.63) is 134 Å². The van der Waals surface area contributed by atoms with Gasteiger partial charge in [-0.25, -0.2) is 0 Å². The van der Waals surface area contributed by atoms with Gasteiger partial charge in [-0.3, -0.25) is 4.79 Å². The number of amides is 1. The molecule has 2 fully saturated rings. The fraction of sp³-hybridized carbons (Fsp3) is 0.705. The Hall–Kier alpha value is -3.87. The van der Waals surface area contributed by atoms with Crippen LogP contribution in [0, 0.1) is 0 Å². The highest BCUT2D eigenvalue weighted by molar-refractivity contribution is 5.76. The van der Waals surface area contributed by atoms with Crippen LogP contribution in [0.15, 0.2) is 134 Å². The topological polar surface area (TPSA) is 228 Å². The van der Waals surface area contributed by atoms with E-state index in [9.17, 15) is 45.6 Å². The van der Waals surface area contributed by atoms with Crippen molar-refractivity contribution in [2.24, 2.45) is 0 Å². The van der Waals surface area contributed by atoms with Crippen molar-refractivity contribution < 1.29 is 64.6 Å². The second-order valence-electron chi connectivity index (χ2n) is 25.0. The zero-order chi connectivity index (χ0) is 66.6. The third kappa shape index (κ3) is 44.0. The molecular formula is C78H131NO13. The molecule has 2 rings (SSSR count). The maximum Gasteiger partial charge on any atom is 0.220 e. The summed E-state index contributed by atoms with van der Waals surface area (Å²) in [6.45, 7) is 2.66. The lowest BCUT2D eigenvalue weighted by molar-refractivity contribution is -0.359. The zero-order valence-electron chi connectivity index (χ0n) is 57.2. The van der Waals surface area contributed by atoms with E-state index in [1.165, 1.54) is 135 Å². The summed E-state index contributed by atoms with van der Waals surface area (Å²) in [6.07, 6.45) is 73.6. The van der Waals surface area contributed by atoms with E-state index in [0.717, 1.165) is 89.9 Å². The maximum atomic E-state index is 13.3. The summed E-state index contributed by atoms with van der Waals surface area (Å²) in [7, 11) is 0. The molecule has 526 valence electrons. The van der Waals surface area contributed by atoms with Crippen molar-refractivity contribution in [3.8, 4) is 0 Å². The number of nitrogens with one attached hydrogen (secondary N) is 1. The number of carbonyl (C=O) groups is 1. The summed E-state index contributed by atoms with van der Waals surface area (Å²) in [5, 5.41) is 87.5. The molecule has 0 aromatic rings. The third-order valence-electron chi connectivity index (χ3n) is 16.8. The lowest BCUT2D eigenvalue weighted by Gasteiger charge is -2.46. The van der Waals surface area contributed by atoms with Gasteiger partial charge in [0.15, 0.2) is 12.6 Å². The Bertz CT molecular complexity index is 2060. The van der Waals surface area contributed by atoms with E-state index in [0.29, 0.717) is 12.8 Å². The standard InChI is InChI=1S/C78H131NO13/c1-3-5-7-9-11-13-15-17-19-21-23-25-27-29-31-32-33-34-36-38-40-42-44-46-48-50-52-54-56-58-60-62-70(83)79-66(65-89-77-75(88)73(86)76(69(64-81)91-77)92-78-74(87)72(85)71(84)68(63-80)90-78)67(82)61-59-57-55-53-51-49-47-45-43-41-39-37-35-30-28-26-24-22-20-18-16-14-12-10-8-6-4-2/h5,7,11,13,17,19,23,25,29,31,33-34,38,40,44,46,50-53,59,61,66-69,71-78,80-82,84-88H,3-4,6,8-10,12,14-16,18,20-22,24,26-28,30,32,35-37,39,41-43,45,47-49,54-58,60,62-65H2,1-2H3,(H,79,83)/b7-5-,13-11-,19-17-,25-23-,31-29-,34-33-,40-38-,46-44-,52-50-,53-51+,61-59+. The molecule has 14 heteroatoms. The van der Waals surface area contributed by atoms with E-state index in [1.54, 1.807) is 6.08 Å². The number of ether oxygens (including phenoxy) is 4. The summed E-state index contributed by atoms with van der Waals surface area (Å²) >= 11 is 0. The molecule has 0 radical (unpaired) electrons. The minimum atomic E-state index is -1.80. The summed E-state index contributed by atoms with van der Waals surface area (Å²) in [6, 6.07) is -0.962. The predicted octanol–water partition coefficient (Wildman–Crippen LogP) is 15.5. The maximum absolute atomic E-state index is 13.3. The highest BCUT2D eigenvalue weighted by Gasteiger charge is 2.51. The van der Waals surface area contributed by atoms with Gasteiger partial charge in [0.2, 0.25) is 5.91 Å². The van der Waals surface area contributed by atoms with E-state index >= 15 is 0 Å². The van der Waals surface area contributed by atoms with Crippen molar-refractivity contribution in [1.82, 2.24) is 5.32 Å². The van der Waals surface area contributed by atoms with E-state index in [4.69, 9.17) is 18.9 Å². The largest absolute Gasteiger partial charge is 0.394 e. The lowest BCUT2D eigenvalue weighted by Crippen LogP contribution is -2.65. The number of carbonyl (C=O) groups excluding carboxylic acids is 1. The fourth-order valence-corrected chi connectivity index (χ4v) is 11.1. The zero-order valence-corrected chi connectivity index (χ0v) is 57.2. The van der Waals surface area contributed by atoms with Crippen molar-refractivity contribution in [3.63, 3.8) is 0 Å². The van der Waals surface area contributed by atoms with Crippen LogP contribution in [0.2, 0.25) is 0 Å². The number of unbranched alkanes of at least 4 members (excludes halogenated alkanes) is 25. The lowest BCUT2D eigenvalue weighted by atomic mass is 9.97. The van der Waals surface area contributed by atoms with Gasteiger partial charge >= 0.3 is 0 Å². The highest BCUT2D eigenvalue weighted by atomic mass is 16.7. The molecule has 0 bridgehead atoms. The SMILES string of the molecule is CC/C=C\C/C=C\C/C=C\C/C=C\C/C=C\C/C=C\C/C=C\C/C=C\C/C=C\CCCCCC(=O)NC(COC1OC(CO)C(OC2OC(CO)C(O)C(O)C2O)C(O)C1O)C(O)/C=C/CC/C=C/CCCCCCCCCCCCCCCCCCCCCCC. The Morgan fingerprint density at radius 3 is 1.20 bits per heavy atom. The van der Waals surface area contributed by atoms with Crippen molar-refractivity contribution in [2.75, 3.05) is 19.8 Å². The molecule has 2 heterocycles. The molecule has 2 aliphatic rings. The van der Waals surface area contributed by atoms with Crippen LogP contribution in [-0.4, -0.2) is 140 Å². The second-order valence-corrected chi connectivity index (χ2v) is 25.0. The number of aliphatic hydroxyl groups excluding tert-OH is 8. The number of allylic oxidation sites excluding steroid dienone is 21. The van der Waals surface area contributed by atoms with Gasteiger partial charge in [-0.15, -0.1) is 0 Å². The molecule has 0 spiro atoms. The number of hydrogen-bond acceptors (Lipinski definition) is 13. The first kappa shape index (κ1) is 84.2. The summed E-state index contributed by atoms with van der Waals surface area (Å²) in [4.78, 5) is 13.3. The van der Waals surface area contributed by atoms with E-state index in [2.05, 4.69) is 141 Å². The molecule has 0 saturated carbocycles. The fourth-order valence-electron chi connectivity index (χ4n) is 11.1. The van der Waals surface area contributed by atoms with E-state index in [1.807, 2.05) is 6.08 Å². The van der Waals surface area contributed by atoms with Gasteiger partial charge in [0.1, 0.15) is 48.8 Å². The molecule has 2 saturated heterocycles. The average molecular weight is 1290 g/mol. The van der Waals surface area contributed by atoms with Gasteiger partial charge in [-0.2, -0.15) is 0 Å². The Kier molecular flexibility index (Phi) is 55.6. The van der Waals surface area contributed by atoms with Gasteiger partial charge in [-0.05, 0) is 103 Å². The monoisotopic (exact) mass is 1290 g/mol.